The Kier molecular flexibility index (Phi) is 4.50. The van der Waals surface area contributed by atoms with Crippen LogP contribution in [0.25, 0.3) is 0 Å². The van der Waals surface area contributed by atoms with E-state index in [1.165, 1.54) is 5.57 Å². The van der Waals surface area contributed by atoms with Gasteiger partial charge in [-0.1, -0.05) is 32.4 Å². The Morgan fingerprint density at radius 1 is 1.42 bits per heavy atom. The topological polar surface area (TPSA) is 35.2 Å². The van der Waals surface area contributed by atoms with Crippen molar-refractivity contribution >= 4 is 0 Å². The highest BCUT2D eigenvalue weighted by Gasteiger charge is 2.22. The first-order valence-corrected chi connectivity index (χ1v) is 4.34. The van der Waals surface area contributed by atoms with Crippen molar-refractivity contribution in [1.82, 2.24) is 0 Å². The molecule has 12 heavy (non-hydrogen) atoms. The van der Waals surface area contributed by atoms with Gasteiger partial charge in [0.15, 0.2) is 0 Å². The molecule has 0 aliphatic rings. The number of hydrogen-bond donors (Lipinski definition) is 1. The second kappa shape index (κ2) is 4.63. The summed E-state index contributed by atoms with van der Waals surface area (Å²) in [6.07, 6.45) is 2.22. The third-order valence-corrected chi connectivity index (χ3v) is 1.92. The van der Waals surface area contributed by atoms with E-state index in [-0.39, 0.29) is 5.41 Å². The van der Waals surface area contributed by atoms with E-state index in [1.807, 2.05) is 0 Å². The van der Waals surface area contributed by atoms with Gasteiger partial charge in [-0.3, -0.25) is 0 Å². The number of rotatable bonds is 3. The van der Waals surface area contributed by atoms with Crippen LogP contribution in [-0.4, -0.2) is 6.61 Å². The Bertz CT molecular complexity index is 152. The van der Waals surface area contributed by atoms with Gasteiger partial charge in [-0.25, -0.2) is 5.90 Å². The summed E-state index contributed by atoms with van der Waals surface area (Å²) in [5.74, 6) is 5.47. The van der Waals surface area contributed by atoms with Crippen LogP contribution in [0.1, 0.15) is 34.6 Å². The maximum atomic E-state index is 5.07. The molecule has 0 aromatic heterocycles. The van der Waals surface area contributed by atoms with Crippen LogP contribution < -0.4 is 5.90 Å². The monoisotopic (exact) mass is 171 g/mol. The lowest BCUT2D eigenvalue weighted by molar-refractivity contribution is 0.0767. The van der Waals surface area contributed by atoms with Crippen molar-refractivity contribution in [3.05, 3.63) is 11.6 Å². The molecule has 0 heterocycles. The Labute approximate surface area is 75.7 Å². The van der Waals surface area contributed by atoms with E-state index in [0.29, 0.717) is 12.5 Å². The third kappa shape index (κ3) is 4.52. The quantitative estimate of drug-likeness (QED) is 0.523. The zero-order valence-electron chi connectivity index (χ0n) is 8.85. The third-order valence-electron chi connectivity index (χ3n) is 1.92. The zero-order chi connectivity index (χ0) is 9.78. The molecule has 2 heteroatoms. The van der Waals surface area contributed by atoms with Crippen molar-refractivity contribution in [3.63, 3.8) is 0 Å². The summed E-state index contributed by atoms with van der Waals surface area (Å²) < 4.78 is 0. The molecule has 1 atom stereocenters. The lowest BCUT2D eigenvalue weighted by Crippen LogP contribution is -2.25. The van der Waals surface area contributed by atoms with Crippen LogP contribution in [0.4, 0.5) is 0 Å². The fraction of sp³-hybridized carbons (Fsp3) is 0.800. The minimum absolute atomic E-state index is 0.219. The summed E-state index contributed by atoms with van der Waals surface area (Å²) in [5, 5.41) is 0. The molecular formula is C10H21NO. The summed E-state index contributed by atoms with van der Waals surface area (Å²) in [6, 6.07) is 0. The van der Waals surface area contributed by atoms with E-state index in [0.717, 1.165) is 0 Å². The van der Waals surface area contributed by atoms with Crippen LogP contribution >= 0.6 is 0 Å². The summed E-state index contributed by atoms with van der Waals surface area (Å²) >= 11 is 0. The molecule has 2 nitrogen and oxygen atoms in total. The Morgan fingerprint density at radius 2 is 1.92 bits per heavy atom. The van der Waals surface area contributed by atoms with Crippen LogP contribution in [-0.2, 0) is 4.84 Å². The Hall–Kier alpha value is -0.340. The van der Waals surface area contributed by atoms with Crippen LogP contribution in [0.5, 0.6) is 0 Å². The summed E-state index contributed by atoms with van der Waals surface area (Å²) in [4.78, 5) is 4.69. The van der Waals surface area contributed by atoms with E-state index in [2.05, 4.69) is 45.5 Å². The SMILES string of the molecule is CC(C)=CC(CON)C(C)(C)C. The molecule has 0 saturated carbocycles. The van der Waals surface area contributed by atoms with E-state index in [9.17, 15) is 0 Å². The minimum Gasteiger partial charge on any atom is -0.304 e. The highest BCUT2D eigenvalue weighted by molar-refractivity contribution is 5.00. The van der Waals surface area contributed by atoms with Gasteiger partial charge in [0.2, 0.25) is 0 Å². The molecule has 0 saturated heterocycles. The fourth-order valence-electron chi connectivity index (χ4n) is 1.05. The van der Waals surface area contributed by atoms with Gasteiger partial charge in [0.05, 0.1) is 6.61 Å². The van der Waals surface area contributed by atoms with Crippen LogP contribution in [0.3, 0.4) is 0 Å². The maximum absolute atomic E-state index is 5.07. The molecule has 0 aromatic rings. The van der Waals surface area contributed by atoms with Gasteiger partial charge in [0, 0.05) is 5.92 Å². The molecular weight excluding hydrogens is 150 g/mol. The van der Waals surface area contributed by atoms with Crippen LogP contribution in [0.15, 0.2) is 11.6 Å². The van der Waals surface area contributed by atoms with Gasteiger partial charge in [0.1, 0.15) is 0 Å². The van der Waals surface area contributed by atoms with Crippen molar-refractivity contribution in [2.45, 2.75) is 34.6 Å². The summed E-state index contributed by atoms with van der Waals surface area (Å²) in [5.41, 5.74) is 1.53. The first-order chi connectivity index (χ1) is 5.38. The standard InChI is InChI=1S/C10H21NO/c1-8(2)6-9(7-12-11)10(3,4)5/h6,9H,7,11H2,1-5H3. The van der Waals surface area contributed by atoms with Crippen LogP contribution in [0.2, 0.25) is 0 Å². The molecule has 0 rings (SSSR count). The molecule has 0 amide bonds. The maximum Gasteiger partial charge on any atom is 0.0746 e. The van der Waals surface area contributed by atoms with Crippen molar-refractivity contribution < 1.29 is 4.84 Å². The Balaban J connectivity index is 4.34. The molecule has 0 aromatic carbocycles. The van der Waals surface area contributed by atoms with Gasteiger partial charge in [-0.2, -0.15) is 0 Å². The molecule has 0 radical (unpaired) electrons. The molecule has 0 spiro atoms. The number of nitrogens with two attached hydrogens (primary N) is 1. The predicted octanol–water partition coefficient (Wildman–Crippen LogP) is 2.51. The van der Waals surface area contributed by atoms with E-state index < -0.39 is 0 Å². The van der Waals surface area contributed by atoms with Crippen molar-refractivity contribution in [1.29, 1.82) is 0 Å². The summed E-state index contributed by atoms with van der Waals surface area (Å²) in [6.45, 7) is 11.3. The van der Waals surface area contributed by atoms with E-state index in [4.69, 9.17) is 5.90 Å². The van der Waals surface area contributed by atoms with Gasteiger partial charge in [-0.05, 0) is 19.3 Å². The van der Waals surface area contributed by atoms with Gasteiger partial charge in [0.25, 0.3) is 0 Å². The first-order valence-electron chi connectivity index (χ1n) is 4.34. The van der Waals surface area contributed by atoms with Gasteiger partial charge >= 0.3 is 0 Å². The fourth-order valence-corrected chi connectivity index (χ4v) is 1.05. The molecule has 0 fully saturated rings. The number of hydrogen-bond acceptors (Lipinski definition) is 2. The lowest BCUT2D eigenvalue weighted by atomic mass is 9.80. The number of allylic oxidation sites excluding steroid dienone is 1. The second-order valence-electron chi connectivity index (χ2n) is 4.55. The summed E-state index contributed by atoms with van der Waals surface area (Å²) in [7, 11) is 0. The molecule has 0 aliphatic carbocycles. The lowest BCUT2D eigenvalue weighted by Gasteiger charge is -2.27. The van der Waals surface area contributed by atoms with E-state index in [1.54, 1.807) is 0 Å². The van der Waals surface area contributed by atoms with Gasteiger partial charge in [-0.15, -0.1) is 0 Å². The molecule has 2 N–H and O–H groups in total. The average molecular weight is 171 g/mol. The molecule has 1 unspecified atom stereocenters. The normalized spacial score (nSPS) is 14.2. The van der Waals surface area contributed by atoms with E-state index >= 15 is 0 Å². The van der Waals surface area contributed by atoms with Crippen molar-refractivity contribution in [3.8, 4) is 0 Å². The molecule has 0 bridgehead atoms. The highest BCUT2D eigenvalue weighted by atomic mass is 16.6. The smallest absolute Gasteiger partial charge is 0.0746 e. The highest BCUT2D eigenvalue weighted by Crippen LogP contribution is 2.27. The van der Waals surface area contributed by atoms with Crippen LogP contribution in [0, 0.1) is 11.3 Å². The first kappa shape index (κ1) is 11.7. The zero-order valence-corrected chi connectivity index (χ0v) is 8.85. The average Bonchev–Trinajstić information content (AvgIpc) is 1.83. The largest absolute Gasteiger partial charge is 0.304 e. The molecule has 0 aliphatic heterocycles. The minimum atomic E-state index is 0.219. The predicted molar refractivity (Wildman–Crippen MR) is 52.5 cm³/mol. The van der Waals surface area contributed by atoms with Gasteiger partial charge < -0.3 is 4.84 Å². The molecule has 72 valence electrons. The van der Waals surface area contributed by atoms with Crippen molar-refractivity contribution in [2.75, 3.05) is 6.61 Å². The second-order valence-corrected chi connectivity index (χ2v) is 4.55. The Morgan fingerprint density at radius 3 is 2.17 bits per heavy atom. The van der Waals surface area contributed by atoms with Crippen molar-refractivity contribution in [2.24, 2.45) is 17.2 Å².